The quantitative estimate of drug-likeness (QED) is 0.862. The molecule has 0 radical (unpaired) electrons. The van der Waals surface area contributed by atoms with E-state index in [-0.39, 0.29) is 29.5 Å². The van der Waals surface area contributed by atoms with E-state index < -0.39 is 0 Å². The van der Waals surface area contributed by atoms with Crippen LogP contribution in [0.1, 0.15) is 23.2 Å². The van der Waals surface area contributed by atoms with Crippen molar-refractivity contribution in [3.05, 3.63) is 28.2 Å². The van der Waals surface area contributed by atoms with Gasteiger partial charge in [0.2, 0.25) is 0 Å². The first-order valence-corrected chi connectivity index (χ1v) is 6.17. The van der Waals surface area contributed by atoms with Gasteiger partial charge in [0.25, 0.3) is 5.91 Å². The molecule has 0 atom stereocenters. The van der Waals surface area contributed by atoms with Crippen LogP contribution in [0.4, 0.5) is 0 Å². The summed E-state index contributed by atoms with van der Waals surface area (Å²) in [6, 6.07) is 4.69. The third-order valence-electron chi connectivity index (χ3n) is 2.73. The maximum absolute atomic E-state index is 12.1. The van der Waals surface area contributed by atoms with E-state index in [1.165, 1.54) is 11.0 Å². The summed E-state index contributed by atoms with van der Waals surface area (Å²) < 4.78 is 0.724. The number of carbonyl (C=O) groups excluding carboxylic acids is 2. The Hall–Kier alpha value is -1.36. The number of benzene rings is 1. The van der Waals surface area contributed by atoms with E-state index in [9.17, 15) is 14.7 Å². The molecule has 1 heterocycles. The topological polar surface area (TPSA) is 57.6 Å². The first-order chi connectivity index (χ1) is 8.08. The lowest BCUT2D eigenvalue weighted by Crippen LogP contribution is -2.40. The molecule has 5 heteroatoms. The molecule has 1 saturated heterocycles. The van der Waals surface area contributed by atoms with Crippen molar-refractivity contribution in [2.24, 2.45) is 0 Å². The van der Waals surface area contributed by atoms with E-state index in [0.717, 1.165) is 4.47 Å². The molecule has 1 fully saturated rings. The van der Waals surface area contributed by atoms with Crippen LogP contribution in [-0.2, 0) is 4.79 Å². The van der Waals surface area contributed by atoms with Gasteiger partial charge in [-0.15, -0.1) is 0 Å². The van der Waals surface area contributed by atoms with E-state index in [0.29, 0.717) is 19.4 Å². The van der Waals surface area contributed by atoms with E-state index in [1.54, 1.807) is 12.1 Å². The summed E-state index contributed by atoms with van der Waals surface area (Å²) in [7, 11) is 0. The normalized spacial score (nSPS) is 16.1. The number of amides is 1. The molecule has 0 aliphatic carbocycles. The molecule has 1 aromatic rings. The van der Waals surface area contributed by atoms with Crippen LogP contribution in [0, 0.1) is 0 Å². The second-order valence-corrected chi connectivity index (χ2v) is 4.95. The van der Waals surface area contributed by atoms with Gasteiger partial charge < -0.3 is 10.0 Å². The minimum absolute atomic E-state index is 0.0591. The summed E-state index contributed by atoms with van der Waals surface area (Å²) in [6.45, 7) is 0.710. The van der Waals surface area contributed by atoms with Crippen molar-refractivity contribution in [3.63, 3.8) is 0 Å². The SMILES string of the molecule is O=C1CCCN(C(=O)c2cc(Br)ccc2O)C1. The average molecular weight is 298 g/mol. The van der Waals surface area contributed by atoms with Crippen LogP contribution in [-0.4, -0.2) is 34.8 Å². The first kappa shape index (κ1) is 12.1. The van der Waals surface area contributed by atoms with E-state index in [2.05, 4.69) is 15.9 Å². The molecular formula is C12H12BrNO3. The monoisotopic (exact) mass is 297 g/mol. The van der Waals surface area contributed by atoms with Gasteiger partial charge in [-0.3, -0.25) is 9.59 Å². The number of phenolic OH excluding ortho intramolecular Hbond substituents is 1. The lowest BCUT2D eigenvalue weighted by molar-refractivity contribution is -0.121. The summed E-state index contributed by atoms with van der Waals surface area (Å²) in [4.78, 5) is 24.9. The standard InChI is InChI=1S/C12H12BrNO3/c13-8-3-4-11(16)10(6-8)12(17)14-5-1-2-9(15)7-14/h3-4,6,16H,1-2,5,7H2. The number of hydrogen-bond acceptors (Lipinski definition) is 3. The van der Waals surface area contributed by atoms with Gasteiger partial charge in [0.1, 0.15) is 5.75 Å². The molecule has 1 aliphatic rings. The highest BCUT2D eigenvalue weighted by Gasteiger charge is 2.24. The number of aromatic hydroxyl groups is 1. The Kier molecular flexibility index (Phi) is 3.47. The molecule has 17 heavy (non-hydrogen) atoms. The molecule has 1 aromatic carbocycles. The zero-order valence-electron chi connectivity index (χ0n) is 9.15. The Balaban J connectivity index is 2.24. The summed E-state index contributed by atoms with van der Waals surface area (Å²) >= 11 is 3.25. The maximum Gasteiger partial charge on any atom is 0.258 e. The molecule has 1 N–H and O–H groups in total. The van der Waals surface area contributed by atoms with Crippen LogP contribution < -0.4 is 0 Å². The minimum Gasteiger partial charge on any atom is -0.507 e. The summed E-state index contributed by atoms with van der Waals surface area (Å²) in [5, 5.41) is 9.65. The number of piperidine rings is 1. The Bertz CT molecular complexity index is 473. The number of halogens is 1. The maximum atomic E-state index is 12.1. The lowest BCUT2D eigenvalue weighted by Gasteiger charge is -2.26. The van der Waals surface area contributed by atoms with Crippen LogP contribution in [0.2, 0.25) is 0 Å². The second-order valence-electron chi connectivity index (χ2n) is 4.03. The number of likely N-dealkylation sites (tertiary alicyclic amines) is 1. The van der Waals surface area contributed by atoms with Gasteiger partial charge in [-0.05, 0) is 24.6 Å². The number of ketones is 1. The fourth-order valence-electron chi connectivity index (χ4n) is 1.86. The number of Topliss-reactive ketones (excluding diaryl/α,β-unsaturated/α-hetero) is 1. The van der Waals surface area contributed by atoms with Gasteiger partial charge in [-0.1, -0.05) is 15.9 Å². The van der Waals surface area contributed by atoms with Gasteiger partial charge in [-0.25, -0.2) is 0 Å². The number of hydrogen-bond donors (Lipinski definition) is 1. The van der Waals surface area contributed by atoms with Crippen LogP contribution in [0.3, 0.4) is 0 Å². The van der Waals surface area contributed by atoms with Gasteiger partial charge in [0.15, 0.2) is 5.78 Å². The molecule has 0 aromatic heterocycles. The molecule has 2 rings (SSSR count). The second kappa shape index (κ2) is 4.87. The predicted octanol–water partition coefficient (Wildman–Crippen LogP) is 1.96. The molecular weight excluding hydrogens is 286 g/mol. The Morgan fingerprint density at radius 3 is 2.88 bits per heavy atom. The number of rotatable bonds is 1. The average Bonchev–Trinajstić information content (AvgIpc) is 2.31. The summed E-state index contributed by atoms with van der Waals surface area (Å²) in [6.07, 6.45) is 1.23. The molecule has 1 amide bonds. The van der Waals surface area contributed by atoms with Crippen molar-refractivity contribution in [1.82, 2.24) is 4.90 Å². The fourth-order valence-corrected chi connectivity index (χ4v) is 2.22. The van der Waals surface area contributed by atoms with E-state index in [4.69, 9.17) is 0 Å². The van der Waals surface area contributed by atoms with Crippen molar-refractivity contribution in [3.8, 4) is 5.75 Å². The summed E-state index contributed by atoms with van der Waals surface area (Å²) in [5.74, 6) is -0.285. The van der Waals surface area contributed by atoms with Gasteiger partial charge >= 0.3 is 0 Å². The molecule has 0 spiro atoms. The highest BCUT2D eigenvalue weighted by Crippen LogP contribution is 2.24. The number of nitrogens with zero attached hydrogens (tertiary/aromatic N) is 1. The smallest absolute Gasteiger partial charge is 0.258 e. The zero-order valence-corrected chi connectivity index (χ0v) is 10.7. The van der Waals surface area contributed by atoms with Gasteiger partial charge in [-0.2, -0.15) is 0 Å². The van der Waals surface area contributed by atoms with Crippen molar-refractivity contribution < 1.29 is 14.7 Å². The molecule has 90 valence electrons. The molecule has 4 nitrogen and oxygen atoms in total. The Morgan fingerprint density at radius 2 is 2.18 bits per heavy atom. The van der Waals surface area contributed by atoms with E-state index in [1.807, 2.05) is 0 Å². The van der Waals surface area contributed by atoms with Crippen molar-refractivity contribution in [1.29, 1.82) is 0 Å². The van der Waals surface area contributed by atoms with E-state index >= 15 is 0 Å². The largest absolute Gasteiger partial charge is 0.507 e. The Labute approximate surface area is 107 Å². The number of carbonyl (C=O) groups is 2. The fraction of sp³-hybridized carbons (Fsp3) is 0.333. The van der Waals surface area contributed by atoms with Gasteiger partial charge in [0, 0.05) is 17.4 Å². The minimum atomic E-state index is -0.295. The van der Waals surface area contributed by atoms with Crippen molar-refractivity contribution in [2.45, 2.75) is 12.8 Å². The zero-order chi connectivity index (χ0) is 12.4. The Morgan fingerprint density at radius 1 is 1.41 bits per heavy atom. The highest BCUT2D eigenvalue weighted by molar-refractivity contribution is 9.10. The third-order valence-corrected chi connectivity index (χ3v) is 3.22. The molecule has 0 bridgehead atoms. The van der Waals surface area contributed by atoms with Gasteiger partial charge in [0.05, 0.1) is 12.1 Å². The molecule has 1 aliphatic heterocycles. The van der Waals surface area contributed by atoms with Crippen LogP contribution in [0.5, 0.6) is 5.75 Å². The summed E-state index contributed by atoms with van der Waals surface area (Å²) in [5.41, 5.74) is 0.231. The number of phenols is 1. The molecule has 0 unspecified atom stereocenters. The van der Waals surface area contributed by atoms with Crippen LogP contribution in [0.25, 0.3) is 0 Å². The highest BCUT2D eigenvalue weighted by atomic mass is 79.9. The first-order valence-electron chi connectivity index (χ1n) is 5.37. The van der Waals surface area contributed by atoms with Crippen LogP contribution in [0.15, 0.2) is 22.7 Å². The van der Waals surface area contributed by atoms with Crippen LogP contribution >= 0.6 is 15.9 Å². The lowest BCUT2D eigenvalue weighted by atomic mass is 10.1. The van der Waals surface area contributed by atoms with Crippen molar-refractivity contribution in [2.75, 3.05) is 13.1 Å². The molecule has 0 saturated carbocycles. The van der Waals surface area contributed by atoms with Crippen molar-refractivity contribution >= 4 is 27.6 Å². The third kappa shape index (κ3) is 2.66. The predicted molar refractivity (Wildman–Crippen MR) is 66.0 cm³/mol.